The predicted molar refractivity (Wildman–Crippen MR) is 58.7 cm³/mol. The Morgan fingerprint density at radius 1 is 1.50 bits per heavy atom. The van der Waals surface area contributed by atoms with Gasteiger partial charge in [0, 0.05) is 13.1 Å². The molecule has 16 heavy (non-hydrogen) atoms. The van der Waals surface area contributed by atoms with E-state index < -0.39 is 0 Å². The molecule has 0 saturated carbocycles. The van der Waals surface area contributed by atoms with Crippen LogP contribution in [0.15, 0.2) is 24.3 Å². The van der Waals surface area contributed by atoms with Crippen molar-refractivity contribution in [2.45, 2.75) is 0 Å². The smallest absolute Gasteiger partial charge is 0.257 e. The predicted octanol–water partition coefficient (Wildman–Crippen LogP) is 0.0120. The van der Waals surface area contributed by atoms with Gasteiger partial charge in [-0.25, -0.2) is 0 Å². The second-order valence-electron chi connectivity index (χ2n) is 3.04. The lowest BCUT2D eigenvalue weighted by atomic mass is 10.2. The summed E-state index contributed by atoms with van der Waals surface area (Å²) in [6.07, 6.45) is 0. The van der Waals surface area contributed by atoms with Crippen LogP contribution in [0.25, 0.3) is 0 Å². The lowest BCUT2D eigenvalue weighted by molar-refractivity contribution is -0.123. The van der Waals surface area contributed by atoms with Crippen molar-refractivity contribution in [2.75, 3.05) is 19.7 Å². The molecule has 5 nitrogen and oxygen atoms in total. The molecule has 0 unspecified atom stereocenters. The Bertz CT molecular complexity index is 398. The third-order valence-corrected chi connectivity index (χ3v) is 1.83. The monoisotopic (exact) mass is 219 g/mol. The summed E-state index contributed by atoms with van der Waals surface area (Å²) in [6, 6.07) is 8.75. The molecule has 0 fully saturated rings. The van der Waals surface area contributed by atoms with Gasteiger partial charge in [-0.05, 0) is 12.1 Å². The maximum absolute atomic E-state index is 11.2. The van der Waals surface area contributed by atoms with Gasteiger partial charge in [-0.2, -0.15) is 5.26 Å². The molecule has 1 aromatic rings. The van der Waals surface area contributed by atoms with E-state index in [1.165, 1.54) is 0 Å². The van der Waals surface area contributed by atoms with Gasteiger partial charge in [-0.15, -0.1) is 0 Å². The lowest BCUT2D eigenvalue weighted by Crippen LogP contribution is -2.32. The van der Waals surface area contributed by atoms with Gasteiger partial charge in [0.15, 0.2) is 6.61 Å². The standard InChI is InChI=1S/C11H13N3O2/c12-5-6-14-11(15)8-16-10-4-2-1-3-9(10)7-13/h1-4H,5-6,8,12H2,(H,14,15). The van der Waals surface area contributed by atoms with Crippen LogP contribution in [-0.4, -0.2) is 25.6 Å². The molecule has 0 spiro atoms. The number of carbonyl (C=O) groups is 1. The average Bonchev–Trinajstić information content (AvgIpc) is 2.34. The van der Waals surface area contributed by atoms with Crippen LogP contribution >= 0.6 is 0 Å². The third kappa shape index (κ3) is 3.59. The highest BCUT2D eigenvalue weighted by atomic mass is 16.5. The highest BCUT2D eigenvalue weighted by molar-refractivity contribution is 5.77. The van der Waals surface area contributed by atoms with Crippen molar-refractivity contribution in [3.05, 3.63) is 29.8 Å². The highest BCUT2D eigenvalue weighted by Crippen LogP contribution is 2.15. The van der Waals surface area contributed by atoms with Crippen molar-refractivity contribution < 1.29 is 9.53 Å². The van der Waals surface area contributed by atoms with Crippen LogP contribution in [0.5, 0.6) is 5.75 Å². The van der Waals surface area contributed by atoms with Crippen molar-refractivity contribution in [3.8, 4) is 11.8 Å². The number of hydrogen-bond acceptors (Lipinski definition) is 4. The molecule has 0 aliphatic carbocycles. The molecule has 0 heterocycles. The van der Waals surface area contributed by atoms with Crippen LogP contribution in [0.3, 0.4) is 0 Å². The van der Waals surface area contributed by atoms with E-state index in [9.17, 15) is 4.79 Å². The second-order valence-corrected chi connectivity index (χ2v) is 3.04. The first-order valence-corrected chi connectivity index (χ1v) is 4.86. The van der Waals surface area contributed by atoms with Gasteiger partial charge in [0.25, 0.3) is 5.91 Å². The highest BCUT2D eigenvalue weighted by Gasteiger charge is 2.04. The molecule has 1 amide bonds. The maximum Gasteiger partial charge on any atom is 0.257 e. The molecule has 1 aromatic carbocycles. The second kappa shape index (κ2) is 6.43. The summed E-state index contributed by atoms with van der Waals surface area (Å²) < 4.78 is 5.21. The zero-order valence-corrected chi connectivity index (χ0v) is 8.77. The van der Waals surface area contributed by atoms with Crippen molar-refractivity contribution >= 4 is 5.91 Å². The molecule has 0 radical (unpaired) electrons. The molecular formula is C11H13N3O2. The van der Waals surface area contributed by atoms with Gasteiger partial charge in [0.2, 0.25) is 0 Å². The number of nitriles is 1. The summed E-state index contributed by atoms with van der Waals surface area (Å²) >= 11 is 0. The molecule has 84 valence electrons. The maximum atomic E-state index is 11.2. The first-order chi connectivity index (χ1) is 7.77. The van der Waals surface area contributed by atoms with E-state index >= 15 is 0 Å². The van der Waals surface area contributed by atoms with E-state index in [0.29, 0.717) is 24.4 Å². The number of nitrogens with two attached hydrogens (primary N) is 1. The topological polar surface area (TPSA) is 88.1 Å². The molecule has 3 N–H and O–H groups in total. The van der Waals surface area contributed by atoms with Gasteiger partial charge >= 0.3 is 0 Å². The van der Waals surface area contributed by atoms with Crippen LogP contribution < -0.4 is 15.8 Å². The minimum absolute atomic E-state index is 0.112. The summed E-state index contributed by atoms with van der Waals surface area (Å²) in [5.74, 6) is 0.158. The summed E-state index contributed by atoms with van der Waals surface area (Å²) in [5.41, 5.74) is 5.64. The molecule has 0 bridgehead atoms. The van der Waals surface area contributed by atoms with Crippen LogP contribution in [0.2, 0.25) is 0 Å². The number of nitrogens with zero attached hydrogens (tertiary/aromatic N) is 1. The van der Waals surface area contributed by atoms with Crippen LogP contribution in [0, 0.1) is 11.3 Å². The van der Waals surface area contributed by atoms with E-state index in [2.05, 4.69) is 5.32 Å². The van der Waals surface area contributed by atoms with E-state index in [1.807, 2.05) is 6.07 Å². The summed E-state index contributed by atoms with van der Waals surface area (Å²) in [6.45, 7) is 0.696. The minimum Gasteiger partial charge on any atom is -0.482 e. The normalized spacial score (nSPS) is 9.25. The Morgan fingerprint density at radius 2 is 2.25 bits per heavy atom. The van der Waals surface area contributed by atoms with Crippen LogP contribution in [0.4, 0.5) is 0 Å². The number of ether oxygens (including phenoxy) is 1. The van der Waals surface area contributed by atoms with E-state index in [1.54, 1.807) is 24.3 Å². The van der Waals surface area contributed by atoms with Gasteiger partial charge < -0.3 is 15.8 Å². The quantitative estimate of drug-likeness (QED) is 0.730. The first-order valence-electron chi connectivity index (χ1n) is 4.86. The molecule has 0 aliphatic heterocycles. The molecular weight excluding hydrogens is 206 g/mol. The van der Waals surface area contributed by atoms with E-state index in [0.717, 1.165) is 0 Å². The van der Waals surface area contributed by atoms with Gasteiger partial charge in [-0.1, -0.05) is 12.1 Å². The number of nitrogens with one attached hydrogen (secondary N) is 1. The summed E-state index contributed by atoms with van der Waals surface area (Å²) in [7, 11) is 0. The molecule has 0 saturated heterocycles. The largest absolute Gasteiger partial charge is 0.482 e. The lowest BCUT2D eigenvalue weighted by Gasteiger charge is -2.07. The van der Waals surface area contributed by atoms with Crippen LogP contribution in [0.1, 0.15) is 5.56 Å². The third-order valence-electron chi connectivity index (χ3n) is 1.83. The SMILES string of the molecule is N#Cc1ccccc1OCC(=O)NCCN. The van der Waals surface area contributed by atoms with Crippen molar-refractivity contribution in [3.63, 3.8) is 0 Å². The van der Waals surface area contributed by atoms with Crippen molar-refractivity contribution in [1.29, 1.82) is 5.26 Å². The molecule has 0 atom stereocenters. The summed E-state index contributed by atoms with van der Waals surface area (Å²) in [5, 5.41) is 11.3. The zero-order chi connectivity index (χ0) is 11.8. The van der Waals surface area contributed by atoms with Gasteiger partial charge in [-0.3, -0.25) is 4.79 Å². The van der Waals surface area contributed by atoms with Crippen molar-refractivity contribution in [2.24, 2.45) is 5.73 Å². The molecule has 5 heteroatoms. The number of para-hydroxylation sites is 1. The number of carbonyl (C=O) groups excluding carboxylic acids is 1. The number of benzene rings is 1. The van der Waals surface area contributed by atoms with E-state index in [4.69, 9.17) is 15.7 Å². The van der Waals surface area contributed by atoms with E-state index in [-0.39, 0.29) is 12.5 Å². The molecule has 0 aliphatic rings. The fourth-order valence-corrected chi connectivity index (χ4v) is 1.09. The van der Waals surface area contributed by atoms with Gasteiger partial charge in [0.1, 0.15) is 11.8 Å². The Balaban J connectivity index is 2.48. The van der Waals surface area contributed by atoms with Gasteiger partial charge in [0.05, 0.1) is 5.56 Å². The zero-order valence-electron chi connectivity index (χ0n) is 8.77. The number of hydrogen-bond donors (Lipinski definition) is 2. The number of amides is 1. The Kier molecular flexibility index (Phi) is 4.83. The number of rotatable bonds is 5. The fraction of sp³-hybridized carbons (Fsp3) is 0.273. The average molecular weight is 219 g/mol. The minimum atomic E-state index is -0.252. The Hall–Kier alpha value is -2.06. The van der Waals surface area contributed by atoms with Crippen LogP contribution in [-0.2, 0) is 4.79 Å². The Morgan fingerprint density at radius 3 is 2.94 bits per heavy atom. The Labute approximate surface area is 93.8 Å². The fourth-order valence-electron chi connectivity index (χ4n) is 1.09. The molecule has 0 aromatic heterocycles. The summed E-state index contributed by atoms with van der Waals surface area (Å²) in [4.78, 5) is 11.2. The van der Waals surface area contributed by atoms with Crippen molar-refractivity contribution in [1.82, 2.24) is 5.32 Å². The molecule has 1 rings (SSSR count). The first kappa shape index (κ1) is 12.0.